The minimum absolute atomic E-state index is 1.18. The molecular weight excluding hydrogens is 697 g/mol. The van der Waals surface area contributed by atoms with Gasteiger partial charge in [0, 0.05) is 0 Å². The Kier molecular flexibility index (Phi) is 76.5. The molecule has 0 aromatic carbocycles. The predicted molar refractivity (Wildman–Crippen MR) is 278 cm³/mol. The van der Waals surface area contributed by atoms with E-state index < -0.39 is 0 Å². The van der Waals surface area contributed by atoms with Crippen LogP contribution >= 0.6 is 0 Å². The van der Waals surface area contributed by atoms with E-state index in [9.17, 15) is 0 Å². The Morgan fingerprint density at radius 1 is 0.121 bits per heavy atom. The molecule has 4 bridgehead atoms. The maximum Gasteiger partial charge on any atom is -0.0406 e. The first kappa shape index (κ1) is 67.1. The summed E-state index contributed by atoms with van der Waals surface area (Å²) < 4.78 is 0. The van der Waals surface area contributed by atoms with Gasteiger partial charge in [-0.25, -0.2) is 0 Å². The normalized spacial score (nSPS) is 24.7. The second-order valence-electron chi connectivity index (χ2n) is 16.9. The van der Waals surface area contributed by atoms with Crippen LogP contribution in [0.1, 0.15) is 354 Å². The van der Waals surface area contributed by atoms with Crippen LogP contribution in [0.15, 0.2) is 0 Å². The van der Waals surface area contributed by atoms with Crippen LogP contribution in [0, 0.1) is 23.7 Å². The lowest BCUT2D eigenvalue weighted by atomic mass is 9.56. The predicted octanol–water partition coefficient (Wildman–Crippen LogP) is 23.3. The van der Waals surface area contributed by atoms with Crippen molar-refractivity contribution in [3.05, 3.63) is 0 Å². The molecule has 0 saturated heterocycles. The summed E-state index contributed by atoms with van der Waals surface area (Å²) in [7, 11) is 0. The second-order valence-corrected chi connectivity index (χ2v) is 16.9. The molecular formula is C58H126. The highest BCUT2D eigenvalue weighted by Gasteiger charge is 2.41. The Labute approximate surface area is 376 Å². The molecule has 0 aliphatic heterocycles. The summed E-state index contributed by atoms with van der Waals surface area (Å²) in [6, 6.07) is 0. The van der Waals surface area contributed by atoms with Gasteiger partial charge < -0.3 is 0 Å². The van der Waals surface area contributed by atoms with Crippen molar-refractivity contribution in [2.45, 2.75) is 354 Å². The fourth-order valence-corrected chi connectivity index (χ4v) is 9.01. The third-order valence-electron chi connectivity index (χ3n) is 12.1. The molecule has 10 aliphatic carbocycles. The van der Waals surface area contributed by atoms with Gasteiger partial charge in [0.25, 0.3) is 0 Å². The molecule has 0 spiro atoms. The number of rotatable bonds is 0. The summed E-state index contributed by atoms with van der Waals surface area (Å²) in [5.74, 6) is 4.71. The zero-order chi connectivity index (χ0) is 44.6. The van der Waals surface area contributed by atoms with E-state index in [1.54, 1.807) is 38.5 Å². The highest BCUT2D eigenvalue weighted by molar-refractivity contribution is 4.93. The van der Waals surface area contributed by atoms with Gasteiger partial charge in [-0.15, -0.1) is 0 Å². The van der Waals surface area contributed by atoms with Crippen LogP contribution in [0.5, 0.6) is 0 Å². The molecule has 0 aromatic heterocycles. The van der Waals surface area contributed by atoms with Crippen LogP contribution in [-0.4, -0.2) is 0 Å². The first-order valence-electron chi connectivity index (χ1n) is 28.9. The van der Waals surface area contributed by atoms with Gasteiger partial charge >= 0.3 is 0 Å². The fraction of sp³-hybridized carbons (Fsp3) is 1.00. The van der Waals surface area contributed by atoms with E-state index in [0.717, 1.165) is 0 Å². The lowest BCUT2D eigenvalue weighted by Gasteiger charge is -2.49. The van der Waals surface area contributed by atoms with E-state index in [0.29, 0.717) is 0 Å². The number of hydrogen-bond acceptors (Lipinski definition) is 0. The van der Waals surface area contributed by atoms with Crippen LogP contribution in [-0.2, 0) is 0 Å². The Morgan fingerprint density at radius 2 is 0.172 bits per heavy atom. The lowest BCUT2D eigenvalue weighted by Crippen LogP contribution is -2.38. The van der Waals surface area contributed by atoms with Crippen molar-refractivity contribution in [3.63, 3.8) is 0 Å². The molecule has 58 heavy (non-hydrogen) atoms. The van der Waals surface area contributed by atoms with E-state index in [1.165, 1.54) is 242 Å². The maximum absolute atomic E-state index is 2.00. The van der Waals surface area contributed by atoms with E-state index in [1.807, 2.05) is 96.9 Å². The molecule has 0 heteroatoms. The molecule has 0 heterocycles. The Bertz CT molecular complexity index is 430. The Hall–Kier alpha value is 0. The van der Waals surface area contributed by atoms with Crippen molar-refractivity contribution in [2.24, 2.45) is 23.7 Å². The molecule has 0 aromatic rings. The monoisotopic (exact) mass is 823 g/mol. The molecule has 358 valence electrons. The van der Waals surface area contributed by atoms with Crippen molar-refractivity contribution >= 4 is 0 Å². The Morgan fingerprint density at radius 3 is 0.224 bits per heavy atom. The van der Waals surface area contributed by atoms with Crippen molar-refractivity contribution in [2.75, 3.05) is 0 Å². The average Bonchev–Trinajstić information content (AvgIpc) is 4.02. The van der Waals surface area contributed by atoms with E-state index >= 15 is 0 Å². The van der Waals surface area contributed by atoms with Crippen LogP contribution in [0.2, 0.25) is 0 Å². The smallest absolute Gasteiger partial charge is 0.0406 e. The summed E-state index contributed by atoms with van der Waals surface area (Å²) >= 11 is 0. The molecule has 0 unspecified atom stereocenters. The molecule has 10 rings (SSSR count). The van der Waals surface area contributed by atoms with E-state index in [-0.39, 0.29) is 0 Å². The first-order valence-corrected chi connectivity index (χ1v) is 28.9. The third-order valence-corrected chi connectivity index (χ3v) is 12.1. The van der Waals surface area contributed by atoms with Crippen molar-refractivity contribution in [1.29, 1.82) is 0 Å². The average molecular weight is 824 g/mol. The van der Waals surface area contributed by atoms with Gasteiger partial charge in [-0.2, -0.15) is 0 Å². The minimum Gasteiger partial charge on any atom is -0.0683 e. The molecule has 0 N–H and O–H groups in total. The minimum atomic E-state index is 1.18. The zero-order valence-electron chi connectivity index (χ0n) is 44.6. The van der Waals surface area contributed by atoms with E-state index in [2.05, 4.69) is 0 Å². The van der Waals surface area contributed by atoms with Gasteiger partial charge in [0.2, 0.25) is 0 Å². The fourth-order valence-electron chi connectivity index (χ4n) is 9.01. The van der Waals surface area contributed by atoms with Crippen molar-refractivity contribution in [1.82, 2.24) is 0 Å². The summed E-state index contributed by atoms with van der Waals surface area (Å²) in [6.45, 7) is 28.0. The standard InChI is InChI=1S/C10H16.2C8H16.C6H12.C5H10.C4H8.C3H6.7C2H6/c1-7-2-9-4-8(1)5-10(3-7)6-9;2*1-2-4-6-8-7-5-3-1;1-2-4-6-5-3-1;1-2-4-5-3-1;1-2-4-3-1;1-2-3-1;7*1-2/h7-10H,1-6H2;2*1-8H2;1-6H2;1-5H2;1-4H2;1-3H2;7*1-2H3. The highest BCUT2D eigenvalue weighted by Crippen LogP contribution is 2.53. The molecule has 10 aliphatic rings. The summed E-state index contributed by atoms with van der Waals surface area (Å²) in [4.78, 5) is 0. The number of hydrogen-bond donors (Lipinski definition) is 0. The summed E-state index contributed by atoms with van der Waals surface area (Å²) in [6.07, 6.45) is 60.6. The first-order chi connectivity index (χ1) is 28.9. The van der Waals surface area contributed by atoms with Crippen LogP contribution in [0.4, 0.5) is 0 Å². The van der Waals surface area contributed by atoms with Gasteiger partial charge in [0.05, 0.1) is 0 Å². The second kappa shape index (κ2) is 66.1. The quantitative estimate of drug-likeness (QED) is 0.228. The SMILES string of the molecule is C1C2CC3CC1CC(C2)C3.C1CC1.C1CCC1.C1CCCC1.C1CCCCC1.C1CCCCCCC1.C1CCCCCCC1.CC.CC.CC.CC.CC.CC.CC. The highest BCUT2D eigenvalue weighted by atomic mass is 14.5. The van der Waals surface area contributed by atoms with Gasteiger partial charge in [0.1, 0.15) is 0 Å². The third kappa shape index (κ3) is 54.0. The Balaban J connectivity index is -0.000000183. The molecule has 10 fully saturated rings. The van der Waals surface area contributed by atoms with Crippen LogP contribution in [0.25, 0.3) is 0 Å². The van der Waals surface area contributed by atoms with Crippen LogP contribution in [0.3, 0.4) is 0 Å². The topological polar surface area (TPSA) is 0 Å². The van der Waals surface area contributed by atoms with Crippen molar-refractivity contribution < 1.29 is 0 Å². The summed E-state index contributed by atoms with van der Waals surface area (Å²) in [5, 5.41) is 0. The van der Waals surface area contributed by atoms with Gasteiger partial charge in [0.15, 0.2) is 0 Å². The van der Waals surface area contributed by atoms with Gasteiger partial charge in [-0.3, -0.25) is 0 Å². The molecule has 0 atom stereocenters. The van der Waals surface area contributed by atoms with Gasteiger partial charge in [-0.1, -0.05) is 315 Å². The molecule has 0 amide bonds. The van der Waals surface area contributed by atoms with Crippen molar-refractivity contribution in [3.8, 4) is 0 Å². The maximum atomic E-state index is 2.00. The van der Waals surface area contributed by atoms with Crippen LogP contribution < -0.4 is 0 Å². The summed E-state index contributed by atoms with van der Waals surface area (Å²) in [5.41, 5.74) is 0. The lowest BCUT2D eigenvalue weighted by molar-refractivity contribution is 0.0198. The zero-order valence-corrected chi connectivity index (χ0v) is 44.6. The largest absolute Gasteiger partial charge is 0.0683 e. The molecule has 0 radical (unpaired) electrons. The molecule has 10 saturated carbocycles. The van der Waals surface area contributed by atoms with E-state index in [4.69, 9.17) is 0 Å². The van der Waals surface area contributed by atoms with Gasteiger partial charge in [-0.05, 0) is 62.2 Å². The molecule has 0 nitrogen and oxygen atoms in total.